The van der Waals surface area contributed by atoms with Gasteiger partial charge in [0.2, 0.25) is 0 Å². The van der Waals surface area contributed by atoms with Crippen molar-refractivity contribution in [1.82, 2.24) is 0 Å². The molecule has 0 amide bonds. The van der Waals surface area contributed by atoms with Crippen LogP contribution in [0, 0.1) is 30.5 Å². The topological polar surface area (TPSA) is 20.2 Å². The Morgan fingerprint density at radius 2 is 1.85 bits per heavy atom. The van der Waals surface area contributed by atoms with Gasteiger partial charge in [0.1, 0.15) is 5.82 Å². The molecule has 4 unspecified atom stereocenters. The highest BCUT2D eigenvalue weighted by Crippen LogP contribution is 2.46. The molecule has 2 saturated carbocycles. The fraction of sp³-hybridized carbons (Fsp3) is 0.667. The van der Waals surface area contributed by atoms with Crippen LogP contribution < -0.4 is 0 Å². The molecule has 0 radical (unpaired) electrons. The Kier molecular flexibility index (Phi) is 4.11. The predicted molar refractivity (Wildman–Crippen MR) is 78.9 cm³/mol. The number of hydrogen-bond acceptors (Lipinski definition) is 1. The third-order valence-corrected chi connectivity index (χ3v) is 5.56. The van der Waals surface area contributed by atoms with Gasteiger partial charge < -0.3 is 5.11 Å². The van der Waals surface area contributed by atoms with Crippen molar-refractivity contribution < 1.29 is 9.50 Å². The Morgan fingerprint density at radius 1 is 1.10 bits per heavy atom. The zero-order valence-electron chi connectivity index (χ0n) is 12.3. The first-order chi connectivity index (χ1) is 9.65. The average molecular weight is 276 g/mol. The number of aliphatic hydroxyl groups excluding tert-OH is 1. The molecule has 0 saturated heterocycles. The maximum Gasteiger partial charge on any atom is 0.126 e. The van der Waals surface area contributed by atoms with E-state index in [1.54, 1.807) is 13.0 Å². The molecular formula is C18H25FO. The molecule has 0 aromatic heterocycles. The summed E-state index contributed by atoms with van der Waals surface area (Å²) < 4.78 is 13.7. The third-order valence-electron chi connectivity index (χ3n) is 5.56. The molecule has 0 bridgehead atoms. The van der Waals surface area contributed by atoms with E-state index in [1.807, 2.05) is 6.07 Å². The fourth-order valence-electron chi connectivity index (χ4n) is 4.26. The molecule has 110 valence electrons. The molecule has 1 N–H and O–H groups in total. The van der Waals surface area contributed by atoms with E-state index in [0.717, 1.165) is 30.2 Å². The number of fused-ring (bicyclic) bond motifs is 1. The SMILES string of the molecule is Cc1ccc(C(O)C2CCC3CCCCC3C2)cc1F. The van der Waals surface area contributed by atoms with Gasteiger partial charge in [-0.1, -0.05) is 37.8 Å². The van der Waals surface area contributed by atoms with E-state index < -0.39 is 6.10 Å². The van der Waals surface area contributed by atoms with Crippen molar-refractivity contribution in [2.24, 2.45) is 17.8 Å². The number of hydrogen-bond donors (Lipinski definition) is 1. The molecule has 1 nitrogen and oxygen atoms in total. The molecule has 2 heteroatoms. The van der Waals surface area contributed by atoms with Gasteiger partial charge in [0.05, 0.1) is 6.10 Å². The van der Waals surface area contributed by atoms with Crippen molar-refractivity contribution in [3.8, 4) is 0 Å². The largest absolute Gasteiger partial charge is 0.388 e. The lowest BCUT2D eigenvalue weighted by Gasteiger charge is -2.40. The lowest BCUT2D eigenvalue weighted by atomic mass is 9.66. The van der Waals surface area contributed by atoms with Crippen LogP contribution in [0.1, 0.15) is 62.2 Å². The Hall–Kier alpha value is -0.890. The first kappa shape index (κ1) is 14.1. The van der Waals surface area contributed by atoms with Crippen LogP contribution in [0.15, 0.2) is 18.2 Å². The second-order valence-corrected chi connectivity index (χ2v) is 6.83. The van der Waals surface area contributed by atoms with Crippen molar-refractivity contribution >= 4 is 0 Å². The summed E-state index contributed by atoms with van der Waals surface area (Å²) in [5, 5.41) is 10.6. The van der Waals surface area contributed by atoms with Gasteiger partial charge in [0, 0.05) is 0 Å². The van der Waals surface area contributed by atoms with Crippen molar-refractivity contribution in [3.05, 3.63) is 35.1 Å². The van der Waals surface area contributed by atoms with Gasteiger partial charge in [-0.25, -0.2) is 4.39 Å². The van der Waals surface area contributed by atoms with Crippen LogP contribution in [-0.4, -0.2) is 5.11 Å². The maximum absolute atomic E-state index is 13.7. The molecule has 20 heavy (non-hydrogen) atoms. The van der Waals surface area contributed by atoms with Crippen molar-refractivity contribution in [2.45, 2.75) is 58.0 Å². The number of aliphatic hydroxyl groups is 1. The molecule has 0 aliphatic heterocycles. The van der Waals surface area contributed by atoms with E-state index in [1.165, 1.54) is 38.2 Å². The first-order valence-corrected chi connectivity index (χ1v) is 8.09. The molecular weight excluding hydrogens is 251 g/mol. The molecule has 3 rings (SSSR count). The number of halogens is 1. The Labute approximate surface area is 121 Å². The van der Waals surface area contributed by atoms with E-state index in [9.17, 15) is 9.50 Å². The van der Waals surface area contributed by atoms with E-state index in [-0.39, 0.29) is 5.82 Å². The molecule has 4 atom stereocenters. The third kappa shape index (κ3) is 2.76. The van der Waals surface area contributed by atoms with Crippen LogP contribution in [0.4, 0.5) is 4.39 Å². The van der Waals surface area contributed by atoms with Crippen molar-refractivity contribution in [2.75, 3.05) is 0 Å². The van der Waals surface area contributed by atoms with Gasteiger partial charge in [-0.05, 0) is 61.1 Å². The summed E-state index contributed by atoms with van der Waals surface area (Å²) in [6, 6.07) is 5.18. The Bertz CT molecular complexity index is 470. The van der Waals surface area contributed by atoms with Crippen LogP contribution in [0.5, 0.6) is 0 Å². The maximum atomic E-state index is 13.7. The van der Waals surface area contributed by atoms with Gasteiger partial charge in [-0.3, -0.25) is 0 Å². The van der Waals surface area contributed by atoms with Crippen LogP contribution in [0.25, 0.3) is 0 Å². The smallest absolute Gasteiger partial charge is 0.126 e. The highest BCUT2D eigenvalue weighted by Gasteiger charge is 2.35. The van der Waals surface area contributed by atoms with E-state index in [2.05, 4.69) is 0 Å². The average Bonchev–Trinajstić information content (AvgIpc) is 2.49. The van der Waals surface area contributed by atoms with Gasteiger partial charge in [-0.15, -0.1) is 0 Å². The molecule has 1 aromatic rings. The van der Waals surface area contributed by atoms with Crippen LogP contribution in [0.3, 0.4) is 0 Å². The van der Waals surface area contributed by atoms with Crippen LogP contribution in [-0.2, 0) is 0 Å². The Balaban J connectivity index is 1.70. The predicted octanol–water partition coefficient (Wildman–Crippen LogP) is 4.77. The van der Waals surface area contributed by atoms with Gasteiger partial charge in [0.25, 0.3) is 0 Å². The van der Waals surface area contributed by atoms with Gasteiger partial charge in [-0.2, -0.15) is 0 Å². The summed E-state index contributed by atoms with van der Waals surface area (Å²) in [5.41, 5.74) is 1.41. The minimum atomic E-state index is -0.493. The van der Waals surface area contributed by atoms with Crippen LogP contribution >= 0.6 is 0 Å². The van der Waals surface area contributed by atoms with Gasteiger partial charge in [0.15, 0.2) is 0 Å². The highest BCUT2D eigenvalue weighted by molar-refractivity contribution is 5.25. The zero-order chi connectivity index (χ0) is 14.1. The first-order valence-electron chi connectivity index (χ1n) is 8.09. The summed E-state index contributed by atoms with van der Waals surface area (Å²) in [6.07, 6.45) is 8.43. The monoisotopic (exact) mass is 276 g/mol. The van der Waals surface area contributed by atoms with E-state index >= 15 is 0 Å². The molecule has 2 fully saturated rings. The quantitative estimate of drug-likeness (QED) is 0.824. The number of benzene rings is 1. The molecule has 1 aromatic carbocycles. The van der Waals surface area contributed by atoms with Crippen LogP contribution in [0.2, 0.25) is 0 Å². The summed E-state index contributed by atoms with van der Waals surface area (Å²) in [4.78, 5) is 0. The standard InChI is InChI=1S/C18H25FO/c1-12-6-7-16(11-17(12)19)18(20)15-9-8-13-4-2-3-5-14(13)10-15/h6-7,11,13-15,18,20H,2-5,8-10H2,1H3. The summed E-state index contributed by atoms with van der Waals surface area (Å²) in [7, 11) is 0. The normalized spacial score (nSPS) is 31.6. The number of aryl methyl sites for hydroxylation is 1. The fourth-order valence-corrected chi connectivity index (χ4v) is 4.26. The summed E-state index contributed by atoms with van der Waals surface area (Å²) in [5.74, 6) is 1.80. The molecule has 2 aliphatic carbocycles. The zero-order valence-corrected chi connectivity index (χ0v) is 12.3. The lowest BCUT2D eigenvalue weighted by molar-refractivity contribution is 0.0347. The van der Waals surface area contributed by atoms with Crippen molar-refractivity contribution in [3.63, 3.8) is 0 Å². The highest BCUT2D eigenvalue weighted by atomic mass is 19.1. The molecule has 0 spiro atoms. The summed E-state index contributed by atoms with van der Waals surface area (Å²) >= 11 is 0. The number of rotatable bonds is 2. The Morgan fingerprint density at radius 3 is 2.60 bits per heavy atom. The van der Waals surface area contributed by atoms with E-state index in [4.69, 9.17) is 0 Å². The second-order valence-electron chi connectivity index (χ2n) is 6.83. The second kappa shape index (κ2) is 5.85. The molecule has 2 aliphatic rings. The minimum Gasteiger partial charge on any atom is -0.388 e. The lowest BCUT2D eigenvalue weighted by Crippen LogP contribution is -2.30. The van der Waals surface area contributed by atoms with E-state index in [0.29, 0.717) is 11.5 Å². The minimum absolute atomic E-state index is 0.201. The van der Waals surface area contributed by atoms with Crippen molar-refractivity contribution in [1.29, 1.82) is 0 Å². The molecule has 0 heterocycles. The van der Waals surface area contributed by atoms with Gasteiger partial charge >= 0.3 is 0 Å². The summed E-state index contributed by atoms with van der Waals surface area (Å²) in [6.45, 7) is 1.76.